The number of carbonyl (C=O) groups is 2. The fraction of sp³-hybridized carbons (Fsp3) is 0.370. The van der Waals surface area contributed by atoms with Crippen LogP contribution in [0.5, 0.6) is 5.75 Å². The first-order valence-corrected chi connectivity index (χ1v) is 12.3. The second-order valence-corrected chi connectivity index (χ2v) is 9.49. The molecule has 1 saturated carbocycles. The van der Waals surface area contributed by atoms with Gasteiger partial charge in [0.25, 0.3) is 0 Å². The molecule has 0 unspecified atom stereocenters. The van der Waals surface area contributed by atoms with E-state index in [1.807, 2.05) is 36.4 Å². The number of nitrogens with one attached hydrogen (secondary N) is 1. The maximum atomic E-state index is 12.1. The minimum Gasteiger partial charge on any atom is -0.460 e. The van der Waals surface area contributed by atoms with Gasteiger partial charge in [-0.1, -0.05) is 30.3 Å². The zero-order valence-electron chi connectivity index (χ0n) is 19.0. The van der Waals surface area contributed by atoms with Crippen molar-refractivity contribution in [1.82, 2.24) is 10.2 Å². The quantitative estimate of drug-likeness (QED) is 0.463. The standard InChI is InChI=1S/C27H28N2O4S/c30-25-7-4-14-29(25)17-26(34)32-20-10-11-23-22(16-20)21(12-13-28-27(31)19-8-9-19)24(33-23)15-18-5-2-1-3-6-18/h1-3,5-6,10-11,16,19H,4,7-9,12-15,17H2,(H,28,31). The first-order valence-electron chi connectivity index (χ1n) is 11.9. The fourth-order valence-electron chi connectivity index (χ4n) is 4.43. The number of amides is 2. The number of thiocarbonyl (C=S) groups is 1. The van der Waals surface area contributed by atoms with Gasteiger partial charge in [-0.05, 0) is 61.7 Å². The second kappa shape index (κ2) is 9.97. The van der Waals surface area contributed by atoms with E-state index in [0.29, 0.717) is 43.2 Å². The Morgan fingerprint density at radius 2 is 2.00 bits per heavy atom. The van der Waals surface area contributed by atoms with Crippen molar-refractivity contribution in [2.45, 2.75) is 38.5 Å². The molecular formula is C27H28N2O4S. The Morgan fingerprint density at radius 1 is 1.18 bits per heavy atom. The molecule has 2 amide bonds. The summed E-state index contributed by atoms with van der Waals surface area (Å²) in [4.78, 5) is 25.8. The van der Waals surface area contributed by atoms with Crippen molar-refractivity contribution in [2.24, 2.45) is 5.92 Å². The number of hydrogen-bond donors (Lipinski definition) is 1. The molecule has 0 spiro atoms. The van der Waals surface area contributed by atoms with E-state index in [4.69, 9.17) is 21.4 Å². The Labute approximate surface area is 204 Å². The van der Waals surface area contributed by atoms with E-state index in [0.717, 1.165) is 53.7 Å². The molecule has 6 nitrogen and oxygen atoms in total. The Bertz CT molecular complexity index is 1220. The van der Waals surface area contributed by atoms with Crippen molar-refractivity contribution < 1.29 is 18.7 Å². The number of benzene rings is 2. The van der Waals surface area contributed by atoms with E-state index in [-0.39, 0.29) is 17.7 Å². The lowest BCUT2D eigenvalue weighted by Crippen LogP contribution is -2.32. The molecule has 1 aliphatic carbocycles. The van der Waals surface area contributed by atoms with Crippen LogP contribution in [0.1, 0.15) is 42.6 Å². The zero-order valence-corrected chi connectivity index (χ0v) is 19.9. The average molecular weight is 477 g/mol. The van der Waals surface area contributed by atoms with E-state index >= 15 is 0 Å². The summed E-state index contributed by atoms with van der Waals surface area (Å²) in [6.45, 7) is 1.62. The van der Waals surface area contributed by atoms with Crippen LogP contribution < -0.4 is 10.1 Å². The monoisotopic (exact) mass is 476 g/mol. The molecule has 1 aliphatic heterocycles. The summed E-state index contributed by atoms with van der Waals surface area (Å²) in [5.74, 6) is 1.97. The van der Waals surface area contributed by atoms with Gasteiger partial charge in [0, 0.05) is 42.8 Å². The summed E-state index contributed by atoms with van der Waals surface area (Å²) in [5, 5.41) is 4.40. The third-order valence-corrected chi connectivity index (χ3v) is 6.61. The summed E-state index contributed by atoms with van der Waals surface area (Å²) in [6, 6.07) is 15.9. The third kappa shape index (κ3) is 5.30. The fourth-order valence-corrected chi connectivity index (χ4v) is 4.68. The van der Waals surface area contributed by atoms with Crippen LogP contribution in [0.4, 0.5) is 0 Å². The largest absolute Gasteiger partial charge is 0.460 e. The van der Waals surface area contributed by atoms with Crippen LogP contribution >= 0.6 is 12.2 Å². The van der Waals surface area contributed by atoms with Crippen LogP contribution in [0.15, 0.2) is 52.9 Å². The highest BCUT2D eigenvalue weighted by Gasteiger charge is 2.29. The number of nitrogens with zero attached hydrogens (tertiary/aromatic N) is 1. The minimum atomic E-state index is 0.123. The highest BCUT2D eigenvalue weighted by molar-refractivity contribution is 7.80. The van der Waals surface area contributed by atoms with Crippen LogP contribution in [0.25, 0.3) is 11.0 Å². The molecule has 1 N–H and O–H groups in total. The summed E-state index contributed by atoms with van der Waals surface area (Å²) >= 11 is 5.42. The molecular weight excluding hydrogens is 448 g/mol. The lowest BCUT2D eigenvalue weighted by atomic mass is 10.0. The van der Waals surface area contributed by atoms with Crippen molar-refractivity contribution in [3.63, 3.8) is 0 Å². The van der Waals surface area contributed by atoms with Crippen LogP contribution in [-0.4, -0.2) is 41.4 Å². The van der Waals surface area contributed by atoms with Crippen LogP contribution in [0, 0.1) is 5.92 Å². The number of furan rings is 1. The number of likely N-dealkylation sites (tertiary alicyclic amines) is 1. The molecule has 2 aromatic carbocycles. The van der Waals surface area contributed by atoms with E-state index in [1.54, 1.807) is 4.90 Å². The SMILES string of the molecule is O=C(NCCc1c(Cc2ccccc2)oc2ccc(OC(=S)CN3CCCC3=O)cc12)C1CC1. The van der Waals surface area contributed by atoms with Crippen molar-refractivity contribution in [3.05, 3.63) is 65.4 Å². The van der Waals surface area contributed by atoms with Gasteiger partial charge in [-0.25, -0.2) is 0 Å². The summed E-state index contributed by atoms with van der Waals surface area (Å²) in [7, 11) is 0. The molecule has 1 saturated heterocycles. The highest BCUT2D eigenvalue weighted by atomic mass is 32.1. The Hall–Kier alpha value is -3.19. The molecule has 176 valence electrons. The molecule has 0 radical (unpaired) electrons. The molecule has 2 heterocycles. The topological polar surface area (TPSA) is 71.8 Å². The average Bonchev–Trinajstić information content (AvgIpc) is 3.54. The number of hydrogen-bond acceptors (Lipinski definition) is 5. The van der Waals surface area contributed by atoms with Crippen molar-refractivity contribution >= 4 is 40.1 Å². The number of fused-ring (bicyclic) bond motifs is 1. The predicted molar refractivity (Wildman–Crippen MR) is 134 cm³/mol. The third-order valence-electron chi connectivity index (χ3n) is 6.40. The first-order chi connectivity index (χ1) is 16.6. The summed E-state index contributed by atoms with van der Waals surface area (Å²) < 4.78 is 12.2. The van der Waals surface area contributed by atoms with Gasteiger partial charge >= 0.3 is 0 Å². The Morgan fingerprint density at radius 3 is 2.74 bits per heavy atom. The Balaban J connectivity index is 1.36. The normalized spacial score (nSPS) is 15.6. The van der Waals surface area contributed by atoms with E-state index < -0.39 is 0 Å². The molecule has 7 heteroatoms. The number of rotatable bonds is 9. The van der Waals surface area contributed by atoms with Gasteiger partial charge in [0.05, 0.1) is 6.54 Å². The molecule has 2 fully saturated rings. The van der Waals surface area contributed by atoms with E-state index in [1.165, 1.54) is 0 Å². The van der Waals surface area contributed by atoms with Gasteiger partial charge in [-0.3, -0.25) is 9.59 Å². The molecule has 5 rings (SSSR count). The zero-order chi connectivity index (χ0) is 23.5. The second-order valence-electron chi connectivity index (χ2n) is 9.03. The lowest BCUT2D eigenvalue weighted by molar-refractivity contribution is -0.127. The Kier molecular flexibility index (Phi) is 6.63. The maximum Gasteiger partial charge on any atom is 0.223 e. The van der Waals surface area contributed by atoms with E-state index in [9.17, 15) is 9.59 Å². The summed E-state index contributed by atoms with van der Waals surface area (Å²) in [6.07, 6.45) is 4.77. The van der Waals surface area contributed by atoms with E-state index in [2.05, 4.69) is 17.4 Å². The lowest BCUT2D eigenvalue weighted by Gasteiger charge is -2.16. The van der Waals surface area contributed by atoms with Crippen molar-refractivity contribution in [2.75, 3.05) is 19.6 Å². The van der Waals surface area contributed by atoms with Gasteiger partial charge in [0.15, 0.2) is 5.05 Å². The molecule has 34 heavy (non-hydrogen) atoms. The molecule has 0 atom stereocenters. The molecule has 1 aromatic heterocycles. The van der Waals surface area contributed by atoms with Crippen molar-refractivity contribution in [1.29, 1.82) is 0 Å². The highest BCUT2D eigenvalue weighted by Crippen LogP contribution is 2.32. The van der Waals surface area contributed by atoms with Gasteiger partial charge in [-0.2, -0.15) is 0 Å². The predicted octanol–water partition coefficient (Wildman–Crippen LogP) is 4.42. The van der Waals surface area contributed by atoms with Gasteiger partial charge < -0.3 is 19.4 Å². The minimum absolute atomic E-state index is 0.123. The van der Waals surface area contributed by atoms with Crippen LogP contribution in [-0.2, 0) is 22.4 Å². The number of ether oxygens (including phenoxy) is 1. The van der Waals surface area contributed by atoms with Crippen molar-refractivity contribution in [3.8, 4) is 5.75 Å². The smallest absolute Gasteiger partial charge is 0.223 e. The van der Waals surface area contributed by atoms with Gasteiger partial charge in [0.1, 0.15) is 17.1 Å². The van der Waals surface area contributed by atoms with Gasteiger partial charge in [0.2, 0.25) is 11.8 Å². The summed E-state index contributed by atoms with van der Waals surface area (Å²) in [5.41, 5.74) is 3.02. The van der Waals surface area contributed by atoms with Crippen LogP contribution in [0.3, 0.4) is 0 Å². The van der Waals surface area contributed by atoms with Crippen LogP contribution in [0.2, 0.25) is 0 Å². The molecule has 3 aromatic rings. The number of carbonyl (C=O) groups excluding carboxylic acids is 2. The first kappa shape index (κ1) is 22.6. The maximum absolute atomic E-state index is 12.1. The molecule has 0 bridgehead atoms. The van der Waals surface area contributed by atoms with Gasteiger partial charge in [-0.15, -0.1) is 0 Å². The molecule has 2 aliphatic rings.